The van der Waals surface area contributed by atoms with Crippen LogP contribution in [0.1, 0.15) is 11.6 Å². The molecule has 3 nitrogen and oxygen atoms in total. The Morgan fingerprint density at radius 1 is 1.33 bits per heavy atom. The second-order valence-corrected chi connectivity index (χ2v) is 3.79. The van der Waals surface area contributed by atoms with Gasteiger partial charge in [0.1, 0.15) is 0 Å². The number of benzene rings is 1. The predicted molar refractivity (Wildman–Crippen MR) is 62.7 cm³/mol. The molecule has 2 rings (SSSR count). The lowest BCUT2D eigenvalue weighted by atomic mass is 10.0. The summed E-state index contributed by atoms with van der Waals surface area (Å²) in [6.07, 6.45) is 1.73. The number of halogens is 1. The maximum atomic E-state index is 6.06. The summed E-state index contributed by atoms with van der Waals surface area (Å²) < 4.78 is 0. The van der Waals surface area contributed by atoms with Gasteiger partial charge in [-0.15, -0.1) is 0 Å². The molecule has 0 amide bonds. The van der Waals surface area contributed by atoms with E-state index in [9.17, 15) is 0 Å². The van der Waals surface area contributed by atoms with Gasteiger partial charge < -0.3 is 11.5 Å². The van der Waals surface area contributed by atoms with Crippen LogP contribution in [0.15, 0.2) is 30.5 Å². The van der Waals surface area contributed by atoms with E-state index >= 15 is 0 Å². The van der Waals surface area contributed by atoms with E-state index in [0.717, 1.165) is 16.5 Å². The Bertz CT molecular complexity index is 484. The normalized spacial score (nSPS) is 13.0. The van der Waals surface area contributed by atoms with Gasteiger partial charge in [0.05, 0.1) is 5.52 Å². The van der Waals surface area contributed by atoms with Crippen LogP contribution < -0.4 is 11.5 Å². The highest BCUT2D eigenvalue weighted by molar-refractivity contribution is 6.35. The zero-order valence-electron chi connectivity index (χ0n) is 8.15. The van der Waals surface area contributed by atoms with Gasteiger partial charge in [0.2, 0.25) is 0 Å². The molecule has 1 unspecified atom stereocenters. The van der Waals surface area contributed by atoms with Crippen molar-refractivity contribution in [1.82, 2.24) is 4.98 Å². The molecule has 1 aromatic carbocycles. The highest BCUT2D eigenvalue weighted by atomic mass is 35.5. The van der Waals surface area contributed by atoms with E-state index in [-0.39, 0.29) is 6.04 Å². The average Bonchev–Trinajstić information content (AvgIpc) is 2.29. The highest BCUT2D eigenvalue weighted by Crippen LogP contribution is 2.27. The first-order chi connectivity index (χ1) is 7.24. The molecule has 0 spiro atoms. The van der Waals surface area contributed by atoms with Crippen LogP contribution in [0.2, 0.25) is 5.02 Å². The van der Waals surface area contributed by atoms with Crippen molar-refractivity contribution < 1.29 is 0 Å². The van der Waals surface area contributed by atoms with E-state index in [4.69, 9.17) is 23.1 Å². The highest BCUT2D eigenvalue weighted by Gasteiger charge is 2.10. The van der Waals surface area contributed by atoms with Crippen molar-refractivity contribution in [1.29, 1.82) is 0 Å². The SMILES string of the molecule is NCC(N)c1ccc(Cl)c2cccnc12. The van der Waals surface area contributed by atoms with Crippen molar-refractivity contribution in [2.45, 2.75) is 6.04 Å². The zero-order chi connectivity index (χ0) is 10.8. The molecule has 4 heteroatoms. The molecule has 0 saturated carbocycles. The molecule has 4 N–H and O–H groups in total. The first-order valence-electron chi connectivity index (χ1n) is 4.73. The third kappa shape index (κ3) is 1.81. The summed E-state index contributed by atoms with van der Waals surface area (Å²) in [6.45, 7) is 0.396. The van der Waals surface area contributed by atoms with Crippen molar-refractivity contribution in [2.75, 3.05) is 6.54 Å². The quantitative estimate of drug-likeness (QED) is 0.814. The second kappa shape index (κ2) is 4.14. The number of hydrogen-bond acceptors (Lipinski definition) is 3. The number of aromatic nitrogens is 1. The van der Waals surface area contributed by atoms with Crippen molar-refractivity contribution in [3.63, 3.8) is 0 Å². The van der Waals surface area contributed by atoms with E-state index in [2.05, 4.69) is 4.98 Å². The number of hydrogen-bond donors (Lipinski definition) is 2. The van der Waals surface area contributed by atoms with E-state index in [1.54, 1.807) is 6.20 Å². The maximum Gasteiger partial charge on any atom is 0.0765 e. The minimum Gasteiger partial charge on any atom is -0.329 e. The van der Waals surface area contributed by atoms with Gasteiger partial charge >= 0.3 is 0 Å². The molecule has 1 atom stereocenters. The first kappa shape index (κ1) is 10.4. The maximum absolute atomic E-state index is 6.06. The number of nitrogens with two attached hydrogens (primary N) is 2. The molecular weight excluding hydrogens is 210 g/mol. The fourth-order valence-corrected chi connectivity index (χ4v) is 1.80. The van der Waals surface area contributed by atoms with Crippen molar-refractivity contribution in [3.8, 4) is 0 Å². The van der Waals surface area contributed by atoms with Crippen LogP contribution in [0.25, 0.3) is 10.9 Å². The molecule has 0 saturated heterocycles. The molecule has 0 bridgehead atoms. The summed E-state index contributed by atoms with van der Waals surface area (Å²) in [5, 5.41) is 1.60. The van der Waals surface area contributed by atoms with Crippen LogP contribution in [0.5, 0.6) is 0 Å². The Morgan fingerprint density at radius 3 is 2.87 bits per heavy atom. The van der Waals surface area contributed by atoms with Gasteiger partial charge in [-0.05, 0) is 23.8 Å². The van der Waals surface area contributed by atoms with Crippen LogP contribution in [0.3, 0.4) is 0 Å². The number of rotatable bonds is 2. The average molecular weight is 222 g/mol. The summed E-state index contributed by atoms with van der Waals surface area (Å²) in [5.74, 6) is 0. The van der Waals surface area contributed by atoms with Gasteiger partial charge in [-0.3, -0.25) is 4.98 Å². The van der Waals surface area contributed by atoms with Crippen molar-refractivity contribution in [2.24, 2.45) is 11.5 Å². The fourth-order valence-electron chi connectivity index (χ4n) is 1.59. The number of pyridine rings is 1. The molecule has 0 aliphatic heterocycles. The monoisotopic (exact) mass is 221 g/mol. The number of fused-ring (bicyclic) bond motifs is 1. The van der Waals surface area contributed by atoms with Gasteiger partial charge in [-0.25, -0.2) is 0 Å². The van der Waals surface area contributed by atoms with Crippen LogP contribution in [-0.4, -0.2) is 11.5 Å². The van der Waals surface area contributed by atoms with Crippen molar-refractivity contribution >= 4 is 22.5 Å². The molecule has 0 aliphatic carbocycles. The van der Waals surface area contributed by atoms with E-state index in [0.29, 0.717) is 11.6 Å². The summed E-state index contributed by atoms with van der Waals surface area (Å²) in [7, 11) is 0. The van der Waals surface area contributed by atoms with Crippen LogP contribution >= 0.6 is 11.6 Å². The van der Waals surface area contributed by atoms with Gasteiger partial charge in [0, 0.05) is 29.2 Å². The van der Waals surface area contributed by atoms with E-state index in [1.165, 1.54) is 0 Å². The van der Waals surface area contributed by atoms with Gasteiger partial charge in [0.25, 0.3) is 0 Å². The molecule has 1 aromatic heterocycles. The minimum absolute atomic E-state index is 0.195. The summed E-state index contributed by atoms with van der Waals surface area (Å²) in [5.41, 5.74) is 13.2. The molecule has 1 heterocycles. The third-order valence-electron chi connectivity index (χ3n) is 2.40. The minimum atomic E-state index is -0.195. The standard InChI is InChI=1S/C11H12ClN3/c12-9-4-3-8(10(14)6-13)11-7(9)2-1-5-15-11/h1-5,10H,6,13-14H2. The number of nitrogens with zero attached hydrogens (tertiary/aromatic N) is 1. The van der Waals surface area contributed by atoms with E-state index in [1.807, 2.05) is 24.3 Å². The Morgan fingerprint density at radius 2 is 2.13 bits per heavy atom. The molecule has 15 heavy (non-hydrogen) atoms. The molecule has 0 aliphatic rings. The lowest BCUT2D eigenvalue weighted by Crippen LogP contribution is -2.21. The summed E-state index contributed by atoms with van der Waals surface area (Å²) >= 11 is 6.06. The Kier molecular flexibility index (Phi) is 2.86. The van der Waals surface area contributed by atoms with Gasteiger partial charge in [-0.1, -0.05) is 17.7 Å². The molecule has 2 aromatic rings. The summed E-state index contributed by atoms with van der Waals surface area (Å²) in [4.78, 5) is 4.29. The lowest BCUT2D eigenvalue weighted by Gasteiger charge is -2.12. The van der Waals surface area contributed by atoms with Crippen LogP contribution in [0, 0.1) is 0 Å². The topological polar surface area (TPSA) is 64.9 Å². The summed E-state index contributed by atoms with van der Waals surface area (Å²) in [6, 6.07) is 7.30. The van der Waals surface area contributed by atoms with Gasteiger partial charge in [0.15, 0.2) is 0 Å². The molecule has 0 radical (unpaired) electrons. The predicted octanol–water partition coefficient (Wildman–Crippen LogP) is 1.85. The van der Waals surface area contributed by atoms with E-state index < -0.39 is 0 Å². The van der Waals surface area contributed by atoms with Crippen LogP contribution in [0.4, 0.5) is 0 Å². The largest absolute Gasteiger partial charge is 0.329 e. The lowest BCUT2D eigenvalue weighted by molar-refractivity contribution is 0.741. The third-order valence-corrected chi connectivity index (χ3v) is 2.73. The molecule has 0 fully saturated rings. The first-order valence-corrected chi connectivity index (χ1v) is 5.10. The Balaban J connectivity index is 2.71. The smallest absolute Gasteiger partial charge is 0.0765 e. The van der Waals surface area contributed by atoms with Gasteiger partial charge in [-0.2, -0.15) is 0 Å². The Labute approximate surface area is 93.0 Å². The van der Waals surface area contributed by atoms with Crippen LogP contribution in [-0.2, 0) is 0 Å². The fraction of sp³-hybridized carbons (Fsp3) is 0.182. The molecule has 78 valence electrons. The second-order valence-electron chi connectivity index (χ2n) is 3.38. The Hall–Kier alpha value is -1.16. The zero-order valence-corrected chi connectivity index (χ0v) is 8.91. The van der Waals surface area contributed by atoms with Crippen molar-refractivity contribution in [3.05, 3.63) is 41.0 Å². The molecular formula is C11H12ClN3.